The number of phosphoric ester groups is 1. The molecule has 0 aliphatic heterocycles. The largest absolute Gasteiger partial charge is 0.506 e. The average molecular weight is 336 g/mol. The highest BCUT2D eigenvalue weighted by molar-refractivity contribution is 7.46. The molecule has 0 saturated carbocycles. The highest BCUT2D eigenvalue weighted by Gasteiger charge is 2.26. The first-order valence-electron chi connectivity index (χ1n) is 6.08. The fourth-order valence-electron chi connectivity index (χ4n) is 1.59. The van der Waals surface area contributed by atoms with Crippen molar-refractivity contribution in [2.24, 2.45) is 0 Å². The summed E-state index contributed by atoms with van der Waals surface area (Å²) in [5, 5.41) is 31.1. The summed E-state index contributed by atoms with van der Waals surface area (Å²) in [4.78, 5) is 31.9. The van der Waals surface area contributed by atoms with Crippen molar-refractivity contribution in [1.82, 2.24) is 10.3 Å². The molecule has 1 aromatic rings. The number of carboxylic acid groups (broad SMARTS) is 1. The van der Waals surface area contributed by atoms with Gasteiger partial charge in [0.05, 0.1) is 5.69 Å². The first-order chi connectivity index (χ1) is 10.0. The van der Waals surface area contributed by atoms with Gasteiger partial charge in [-0.25, -0.2) is 4.57 Å². The SMILES string of the molecule is Cc1ncc(C(O)OP(=O)(O)O)c(CN[C@@H](C)C(=O)O)c1O. The molecule has 1 aromatic heterocycles. The third kappa shape index (κ3) is 5.02. The number of aromatic nitrogens is 1. The Labute approximate surface area is 125 Å². The van der Waals surface area contributed by atoms with Gasteiger partial charge in [-0.1, -0.05) is 0 Å². The Morgan fingerprint density at radius 3 is 2.59 bits per heavy atom. The molecule has 0 saturated heterocycles. The summed E-state index contributed by atoms with van der Waals surface area (Å²) < 4.78 is 14.9. The number of aliphatic carboxylic acids is 1. The van der Waals surface area contributed by atoms with Gasteiger partial charge in [0.1, 0.15) is 11.8 Å². The molecule has 2 atom stereocenters. The quantitative estimate of drug-likeness (QED) is 0.288. The van der Waals surface area contributed by atoms with Crippen molar-refractivity contribution in [3.05, 3.63) is 23.0 Å². The first-order valence-corrected chi connectivity index (χ1v) is 7.61. The van der Waals surface area contributed by atoms with E-state index in [9.17, 15) is 19.6 Å². The maximum absolute atomic E-state index is 10.8. The molecule has 6 N–H and O–H groups in total. The fraction of sp³-hybridized carbons (Fsp3) is 0.455. The summed E-state index contributed by atoms with van der Waals surface area (Å²) in [7, 11) is -4.96. The number of nitrogens with one attached hydrogen (secondary N) is 1. The molecule has 0 bridgehead atoms. The summed E-state index contributed by atoms with van der Waals surface area (Å²) >= 11 is 0. The lowest BCUT2D eigenvalue weighted by molar-refractivity contribution is -0.139. The lowest BCUT2D eigenvalue weighted by Gasteiger charge is -2.19. The Bertz CT molecular complexity index is 602. The molecule has 11 heteroatoms. The van der Waals surface area contributed by atoms with Gasteiger partial charge in [0.25, 0.3) is 0 Å². The topological polar surface area (TPSA) is 169 Å². The van der Waals surface area contributed by atoms with E-state index in [-0.39, 0.29) is 29.1 Å². The van der Waals surface area contributed by atoms with E-state index in [1.54, 1.807) is 0 Å². The molecule has 1 rings (SSSR count). The van der Waals surface area contributed by atoms with E-state index in [0.717, 1.165) is 6.20 Å². The van der Waals surface area contributed by atoms with E-state index in [1.165, 1.54) is 13.8 Å². The Kier molecular flexibility index (Phi) is 6.00. The third-order valence-corrected chi connectivity index (χ3v) is 3.31. The van der Waals surface area contributed by atoms with Crippen molar-refractivity contribution in [2.75, 3.05) is 0 Å². The lowest BCUT2D eigenvalue weighted by Crippen LogP contribution is -2.33. The molecule has 1 heterocycles. The lowest BCUT2D eigenvalue weighted by atomic mass is 10.1. The highest BCUT2D eigenvalue weighted by Crippen LogP contribution is 2.42. The molecular weight excluding hydrogens is 319 g/mol. The van der Waals surface area contributed by atoms with Crippen molar-refractivity contribution in [2.45, 2.75) is 32.7 Å². The molecule has 0 radical (unpaired) electrons. The minimum absolute atomic E-state index is 0.0292. The average Bonchev–Trinajstić information content (AvgIpc) is 2.37. The van der Waals surface area contributed by atoms with Crippen molar-refractivity contribution in [1.29, 1.82) is 0 Å². The van der Waals surface area contributed by atoms with Crippen LogP contribution in [0.15, 0.2) is 6.20 Å². The van der Waals surface area contributed by atoms with Gasteiger partial charge in [0, 0.05) is 23.9 Å². The number of aliphatic hydroxyl groups is 1. The van der Waals surface area contributed by atoms with Gasteiger partial charge in [0.15, 0.2) is 6.29 Å². The second kappa shape index (κ2) is 7.14. The summed E-state index contributed by atoms with van der Waals surface area (Å²) in [6, 6.07) is -0.944. The minimum Gasteiger partial charge on any atom is -0.506 e. The maximum atomic E-state index is 10.8. The molecule has 10 nitrogen and oxygen atoms in total. The summed E-state index contributed by atoms with van der Waals surface area (Å²) in [6.45, 7) is 2.66. The van der Waals surface area contributed by atoms with Gasteiger partial charge in [0.2, 0.25) is 0 Å². The van der Waals surface area contributed by atoms with E-state index < -0.39 is 26.1 Å². The van der Waals surface area contributed by atoms with Gasteiger partial charge >= 0.3 is 13.8 Å². The van der Waals surface area contributed by atoms with Crippen LogP contribution in [0.5, 0.6) is 5.75 Å². The molecule has 0 aliphatic carbocycles. The van der Waals surface area contributed by atoms with Crippen LogP contribution >= 0.6 is 7.82 Å². The van der Waals surface area contributed by atoms with E-state index >= 15 is 0 Å². The number of phosphoric acid groups is 1. The van der Waals surface area contributed by atoms with Gasteiger partial charge in [-0.15, -0.1) is 0 Å². The molecule has 0 aromatic carbocycles. The smallest absolute Gasteiger partial charge is 0.472 e. The van der Waals surface area contributed by atoms with Crippen LogP contribution in [0.25, 0.3) is 0 Å². The van der Waals surface area contributed by atoms with Crippen molar-refractivity contribution in [3.63, 3.8) is 0 Å². The van der Waals surface area contributed by atoms with Crippen molar-refractivity contribution >= 4 is 13.8 Å². The van der Waals surface area contributed by atoms with Crippen LogP contribution in [0.3, 0.4) is 0 Å². The Morgan fingerprint density at radius 2 is 2.09 bits per heavy atom. The van der Waals surface area contributed by atoms with E-state index in [2.05, 4.69) is 14.8 Å². The normalized spacial score (nSPS) is 14.6. The number of aliphatic hydroxyl groups excluding tert-OH is 1. The highest BCUT2D eigenvalue weighted by atomic mass is 31.2. The maximum Gasteiger partial charge on any atom is 0.472 e. The van der Waals surface area contributed by atoms with Crippen LogP contribution in [-0.2, 0) is 20.4 Å². The Hall–Kier alpha value is -1.55. The van der Waals surface area contributed by atoms with Crippen LogP contribution in [-0.4, -0.2) is 42.1 Å². The zero-order valence-electron chi connectivity index (χ0n) is 11.8. The van der Waals surface area contributed by atoms with Crippen LogP contribution in [0.4, 0.5) is 0 Å². The predicted molar refractivity (Wildman–Crippen MR) is 72.7 cm³/mol. The van der Waals surface area contributed by atoms with E-state index in [4.69, 9.17) is 14.9 Å². The van der Waals surface area contributed by atoms with E-state index in [0.29, 0.717) is 0 Å². The molecular formula is C11H17N2O8P. The van der Waals surface area contributed by atoms with Gasteiger partial charge < -0.3 is 30.4 Å². The monoisotopic (exact) mass is 336 g/mol. The summed E-state index contributed by atoms with van der Waals surface area (Å²) in [6.07, 6.45) is -0.950. The number of carbonyl (C=O) groups is 1. The second-order valence-corrected chi connectivity index (χ2v) is 5.71. The number of hydrogen-bond acceptors (Lipinski definition) is 7. The first kappa shape index (κ1) is 18.5. The zero-order valence-corrected chi connectivity index (χ0v) is 12.7. The number of aromatic hydroxyl groups is 1. The van der Waals surface area contributed by atoms with Crippen LogP contribution in [0, 0.1) is 6.92 Å². The van der Waals surface area contributed by atoms with Crippen molar-refractivity contribution < 1.29 is 39.0 Å². The molecule has 0 fully saturated rings. The molecule has 0 spiro atoms. The molecule has 1 unspecified atom stereocenters. The van der Waals surface area contributed by atoms with Crippen LogP contribution in [0.1, 0.15) is 30.0 Å². The summed E-state index contributed by atoms with van der Waals surface area (Å²) in [5.41, 5.74) is 0.0463. The van der Waals surface area contributed by atoms with Gasteiger partial charge in [-0.3, -0.25) is 14.3 Å². The number of carboxylic acids is 1. The number of nitrogens with zero attached hydrogens (tertiary/aromatic N) is 1. The van der Waals surface area contributed by atoms with Crippen LogP contribution < -0.4 is 5.32 Å². The minimum atomic E-state index is -4.96. The molecule has 0 aliphatic rings. The predicted octanol–water partition coefficient (Wildman–Crippen LogP) is -0.241. The fourth-order valence-corrected chi connectivity index (χ4v) is 1.96. The second-order valence-electron chi connectivity index (χ2n) is 4.52. The van der Waals surface area contributed by atoms with Crippen LogP contribution in [0.2, 0.25) is 0 Å². The van der Waals surface area contributed by atoms with Crippen molar-refractivity contribution in [3.8, 4) is 5.75 Å². The van der Waals surface area contributed by atoms with E-state index in [1.807, 2.05) is 0 Å². The summed E-state index contributed by atoms with van der Waals surface area (Å²) in [5.74, 6) is -1.46. The Balaban J connectivity index is 3.09. The number of pyridine rings is 1. The number of hydrogen-bond donors (Lipinski definition) is 6. The zero-order chi connectivity index (χ0) is 17.1. The number of rotatable bonds is 7. The Morgan fingerprint density at radius 1 is 1.50 bits per heavy atom. The third-order valence-electron chi connectivity index (χ3n) is 2.83. The molecule has 124 valence electrons. The standard InChI is InChI=1S/C11H17N2O8P/c1-5-9(14)7(3-13-6(2)10(15)16)8(4-12-5)11(17)21-22(18,19)20/h4,6,11,13-14,17H,3H2,1-2H3,(H,15,16)(H2,18,19,20)/t6-,11?/m0/s1. The van der Waals surface area contributed by atoms with Gasteiger partial charge in [-0.05, 0) is 13.8 Å². The molecule has 0 amide bonds. The number of aryl methyl sites for hydroxylation is 1. The molecule has 22 heavy (non-hydrogen) atoms. The van der Waals surface area contributed by atoms with Gasteiger partial charge in [-0.2, -0.15) is 0 Å².